The molecule has 2 aliphatic rings. The molecule has 2 unspecified atom stereocenters. The first-order valence-corrected chi connectivity index (χ1v) is 7.45. The van der Waals surface area contributed by atoms with Crippen LogP contribution in [0.1, 0.15) is 31.2 Å². The fraction of sp³-hybridized carbons (Fsp3) is 0.438. The van der Waals surface area contributed by atoms with Gasteiger partial charge in [-0.2, -0.15) is 0 Å². The van der Waals surface area contributed by atoms with Gasteiger partial charge in [-0.15, -0.1) is 0 Å². The maximum absolute atomic E-state index is 12.3. The second kappa shape index (κ2) is 5.58. The van der Waals surface area contributed by atoms with Crippen molar-refractivity contribution in [3.63, 3.8) is 0 Å². The summed E-state index contributed by atoms with van der Waals surface area (Å²) in [5.41, 5.74) is 0.965. The molecule has 0 saturated carbocycles. The Morgan fingerprint density at radius 3 is 2.40 bits per heavy atom. The van der Waals surface area contributed by atoms with E-state index >= 15 is 0 Å². The molecule has 1 N–H and O–H groups in total. The quantitative estimate of drug-likeness (QED) is 0.851. The van der Waals surface area contributed by atoms with Crippen LogP contribution in [0, 0.1) is 0 Å². The first-order valence-electron chi connectivity index (χ1n) is 7.07. The second-order valence-corrected chi connectivity index (χ2v) is 6.08. The van der Waals surface area contributed by atoms with Gasteiger partial charge in [0.15, 0.2) is 0 Å². The van der Waals surface area contributed by atoms with Crippen LogP contribution < -0.4 is 0 Å². The number of aliphatic hydroxyl groups is 1. The zero-order chi connectivity index (χ0) is 14.1. The Hall–Kier alpha value is -1.32. The van der Waals surface area contributed by atoms with Crippen molar-refractivity contribution in [1.82, 2.24) is 4.90 Å². The highest BCUT2D eigenvalue weighted by atomic mass is 35.5. The van der Waals surface area contributed by atoms with Gasteiger partial charge >= 0.3 is 0 Å². The van der Waals surface area contributed by atoms with Crippen molar-refractivity contribution in [3.05, 3.63) is 40.9 Å². The summed E-state index contributed by atoms with van der Waals surface area (Å²) in [5, 5.41) is 10.4. The van der Waals surface area contributed by atoms with Crippen molar-refractivity contribution in [3.8, 4) is 0 Å². The lowest BCUT2D eigenvalue weighted by molar-refractivity contribution is -0.131. The number of benzene rings is 1. The number of carbonyl (C=O) groups excluding carboxylic acids is 1. The van der Waals surface area contributed by atoms with Gasteiger partial charge in [0.05, 0.1) is 6.10 Å². The molecule has 2 atom stereocenters. The molecule has 2 heterocycles. The summed E-state index contributed by atoms with van der Waals surface area (Å²) >= 11 is 5.83. The van der Waals surface area contributed by atoms with E-state index in [1.54, 1.807) is 6.08 Å². The van der Waals surface area contributed by atoms with E-state index in [0.29, 0.717) is 5.02 Å². The highest BCUT2D eigenvalue weighted by molar-refractivity contribution is 6.30. The van der Waals surface area contributed by atoms with Gasteiger partial charge in [-0.25, -0.2) is 0 Å². The second-order valence-electron chi connectivity index (χ2n) is 5.64. The minimum absolute atomic E-state index is 0.0550. The summed E-state index contributed by atoms with van der Waals surface area (Å²) in [5.74, 6) is 0.0550. The Labute approximate surface area is 123 Å². The van der Waals surface area contributed by atoms with Crippen LogP contribution >= 0.6 is 11.6 Å². The number of carbonyl (C=O) groups is 1. The molecule has 1 aromatic carbocycles. The number of nitrogens with zero attached hydrogens (tertiary/aromatic N) is 1. The number of piperidine rings is 1. The van der Waals surface area contributed by atoms with Gasteiger partial charge in [0.2, 0.25) is 5.91 Å². The Kier molecular flexibility index (Phi) is 3.81. The zero-order valence-electron chi connectivity index (χ0n) is 11.2. The van der Waals surface area contributed by atoms with Crippen LogP contribution in [0.5, 0.6) is 0 Å². The van der Waals surface area contributed by atoms with E-state index in [0.717, 1.165) is 31.2 Å². The first kappa shape index (κ1) is 13.7. The van der Waals surface area contributed by atoms with Crippen molar-refractivity contribution in [1.29, 1.82) is 0 Å². The van der Waals surface area contributed by atoms with Crippen molar-refractivity contribution in [2.24, 2.45) is 0 Å². The van der Waals surface area contributed by atoms with Crippen molar-refractivity contribution in [2.45, 2.75) is 43.9 Å². The van der Waals surface area contributed by atoms with Gasteiger partial charge < -0.3 is 10.0 Å². The molecular formula is C16H18ClNO2. The third-order valence-corrected chi connectivity index (χ3v) is 4.50. The monoisotopic (exact) mass is 291 g/mol. The number of rotatable bonds is 2. The van der Waals surface area contributed by atoms with Gasteiger partial charge in [0, 0.05) is 23.2 Å². The molecule has 2 saturated heterocycles. The molecule has 0 aliphatic carbocycles. The Balaban J connectivity index is 1.69. The maximum Gasteiger partial charge on any atom is 0.247 e. The van der Waals surface area contributed by atoms with Crippen LogP contribution in [-0.4, -0.2) is 34.1 Å². The lowest BCUT2D eigenvalue weighted by Gasteiger charge is -2.36. The lowest BCUT2D eigenvalue weighted by atomic mass is 10.00. The zero-order valence-corrected chi connectivity index (χ0v) is 12.0. The molecule has 2 fully saturated rings. The van der Waals surface area contributed by atoms with Crippen LogP contribution in [-0.2, 0) is 4.79 Å². The third kappa shape index (κ3) is 2.74. The predicted molar refractivity (Wildman–Crippen MR) is 79.4 cm³/mol. The van der Waals surface area contributed by atoms with Crippen molar-refractivity contribution in [2.75, 3.05) is 0 Å². The van der Waals surface area contributed by atoms with E-state index in [2.05, 4.69) is 0 Å². The smallest absolute Gasteiger partial charge is 0.247 e. The minimum Gasteiger partial charge on any atom is -0.393 e. The van der Waals surface area contributed by atoms with Crippen LogP contribution in [0.3, 0.4) is 0 Å². The number of halogens is 1. The molecule has 0 aromatic heterocycles. The predicted octanol–water partition coefficient (Wildman–Crippen LogP) is 2.87. The highest BCUT2D eigenvalue weighted by Crippen LogP contribution is 2.35. The standard InChI is InChI=1S/C16H18ClNO2/c17-12-4-1-11(2-5-12)3-8-16(20)18-13-6-7-14(18)10-15(19)9-13/h1-5,8,13-15,19H,6-7,9-10H2. The number of amides is 1. The Morgan fingerprint density at radius 2 is 1.80 bits per heavy atom. The average molecular weight is 292 g/mol. The normalized spacial score (nSPS) is 29.1. The molecule has 4 heteroatoms. The summed E-state index contributed by atoms with van der Waals surface area (Å²) in [6.07, 6.45) is 6.69. The molecule has 2 aliphatic heterocycles. The molecule has 20 heavy (non-hydrogen) atoms. The first-order chi connectivity index (χ1) is 9.63. The largest absolute Gasteiger partial charge is 0.393 e. The van der Waals surface area contributed by atoms with Crippen LogP contribution in [0.2, 0.25) is 5.02 Å². The van der Waals surface area contributed by atoms with Gasteiger partial charge in [0.1, 0.15) is 0 Å². The maximum atomic E-state index is 12.3. The summed E-state index contributed by atoms with van der Waals surface area (Å²) in [7, 11) is 0. The molecule has 3 rings (SSSR count). The summed E-state index contributed by atoms with van der Waals surface area (Å²) < 4.78 is 0. The average Bonchev–Trinajstić information content (AvgIpc) is 2.70. The van der Waals surface area contributed by atoms with Crippen molar-refractivity contribution < 1.29 is 9.90 Å². The molecule has 106 valence electrons. The summed E-state index contributed by atoms with van der Waals surface area (Å²) in [6, 6.07) is 7.83. The Morgan fingerprint density at radius 1 is 1.20 bits per heavy atom. The fourth-order valence-corrected chi connectivity index (χ4v) is 3.46. The van der Waals surface area contributed by atoms with Crippen molar-refractivity contribution >= 4 is 23.6 Å². The van der Waals surface area contributed by atoms with Gasteiger partial charge in [-0.05, 0) is 49.5 Å². The molecule has 0 radical (unpaired) electrons. The topological polar surface area (TPSA) is 40.5 Å². The number of fused-ring (bicyclic) bond motifs is 2. The molecule has 2 bridgehead atoms. The third-order valence-electron chi connectivity index (χ3n) is 4.25. The summed E-state index contributed by atoms with van der Waals surface area (Å²) in [6.45, 7) is 0. The minimum atomic E-state index is -0.239. The number of aliphatic hydroxyl groups excluding tert-OH is 1. The number of hydrogen-bond acceptors (Lipinski definition) is 2. The summed E-state index contributed by atoms with van der Waals surface area (Å²) in [4.78, 5) is 14.3. The van der Waals surface area contributed by atoms with Gasteiger partial charge in [-0.3, -0.25) is 4.79 Å². The molecule has 3 nitrogen and oxygen atoms in total. The number of hydrogen-bond donors (Lipinski definition) is 1. The van der Waals surface area contributed by atoms with Crippen LogP contribution in [0.15, 0.2) is 30.3 Å². The SMILES string of the molecule is O=C(C=Cc1ccc(Cl)cc1)N1C2CCC1CC(O)C2. The molecule has 0 spiro atoms. The van der Waals surface area contributed by atoms with E-state index in [9.17, 15) is 9.90 Å². The highest BCUT2D eigenvalue weighted by Gasteiger charge is 2.41. The lowest BCUT2D eigenvalue weighted by Crippen LogP contribution is -2.47. The van der Waals surface area contributed by atoms with E-state index < -0.39 is 0 Å². The fourth-order valence-electron chi connectivity index (χ4n) is 3.34. The van der Waals surface area contributed by atoms with Crippen LogP contribution in [0.4, 0.5) is 0 Å². The van der Waals surface area contributed by atoms with E-state index in [4.69, 9.17) is 11.6 Å². The molecular weight excluding hydrogens is 274 g/mol. The molecule has 1 aromatic rings. The Bertz CT molecular complexity index is 512. The molecule has 1 amide bonds. The van der Waals surface area contributed by atoms with E-state index in [-0.39, 0.29) is 24.1 Å². The van der Waals surface area contributed by atoms with Gasteiger partial charge in [-0.1, -0.05) is 23.7 Å². The van der Waals surface area contributed by atoms with E-state index in [1.807, 2.05) is 35.2 Å². The van der Waals surface area contributed by atoms with E-state index in [1.165, 1.54) is 0 Å². The van der Waals surface area contributed by atoms with Crippen LogP contribution in [0.25, 0.3) is 6.08 Å². The van der Waals surface area contributed by atoms with Gasteiger partial charge in [0.25, 0.3) is 0 Å².